The SMILES string of the molecule is O=C(CSCc1cccc2ccccc12)NNC(=S)N[C@H]1C[C@@H]2C=C[C@H]1C2. The molecule has 6 heteroatoms. The van der Waals surface area contributed by atoms with E-state index in [1.807, 2.05) is 12.1 Å². The fourth-order valence-electron chi connectivity index (χ4n) is 3.99. The van der Waals surface area contributed by atoms with Crippen LogP contribution in [0.15, 0.2) is 54.6 Å². The third kappa shape index (κ3) is 4.45. The molecule has 0 unspecified atom stereocenters. The summed E-state index contributed by atoms with van der Waals surface area (Å²) in [5.41, 5.74) is 6.77. The minimum Gasteiger partial charge on any atom is -0.358 e. The summed E-state index contributed by atoms with van der Waals surface area (Å²) < 4.78 is 0. The Balaban J connectivity index is 1.18. The molecular formula is C21H23N3OS2. The van der Waals surface area contributed by atoms with Gasteiger partial charge in [0.1, 0.15) is 0 Å². The van der Waals surface area contributed by atoms with Gasteiger partial charge in [-0.15, -0.1) is 11.8 Å². The molecule has 140 valence electrons. The molecule has 2 aliphatic carbocycles. The van der Waals surface area contributed by atoms with Crippen LogP contribution in [0.3, 0.4) is 0 Å². The van der Waals surface area contributed by atoms with E-state index in [2.05, 4.69) is 58.7 Å². The second-order valence-corrected chi connectivity index (χ2v) is 8.56. The van der Waals surface area contributed by atoms with Gasteiger partial charge in [-0.25, -0.2) is 0 Å². The van der Waals surface area contributed by atoms with Crippen LogP contribution in [0.1, 0.15) is 18.4 Å². The number of carbonyl (C=O) groups is 1. The molecule has 3 N–H and O–H groups in total. The predicted octanol–water partition coefficient (Wildman–Crippen LogP) is 3.53. The molecule has 1 amide bonds. The van der Waals surface area contributed by atoms with Gasteiger partial charge in [0.2, 0.25) is 5.91 Å². The number of hydrogen-bond donors (Lipinski definition) is 3. The van der Waals surface area contributed by atoms with Crippen molar-refractivity contribution in [2.75, 3.05) is 5.75 Å². The Bertz CT molecular complexity index is 877. The van der Waals surface area contributed by atoms with Gasteiger partial charge in [0.15, 0.2) is 5.11 Å². The molecule has 0 heterocycles. The molecule has 0 spiro atoms. The lowest BCUT2D eigenvalue weighted by Crippen LogP contribution is -2.50. The van der Waals surface area contributed by atoms with Gasteiger partial charge in [-0.3, -0.25) is 15.6 Å². The Morgan fingerprint density at radius 2 is 1.93 bits per heavy atom. The van der Waals surface area contributed by atoms with Gasteiger partial charge >= 0.3 is 0 Å². The van der Waals surface area contributed by atoms with Crippen molar-refractivity contribution in [2.24, 2.45) is 11.8 Å². The summed E-state index contributed by atoms with van der Waals surface area (Å²) in [7, 11) is 0. The second kappa shape index (κ2) is 8.31. The van der Waals surface area contributed by atoms with Gasteiger partial charge in [-0.05, 0) is 53.2 Å². The quantitative estimate of drug-likeness (QED) is 0.409. The lowest BCUT2D eigenvalue weighted by molar-refractivity contribution is -0.119. The molecule has 3 atom stereocenters. The first-order valence-electron chi connectivity index (χ1n) is 9.27. The van der Waals surface area contributed by atoms with Crippen LogP contribution in [0.25, 0.3) is 10.8 Å². The van der Waals surface area contributed by atoms with Crippen LogP contribution in [-0.4, -0.2) is 22.8 Å². The summed E-state index contributed by atoms with van der Waals surface area (Å²) in [4.78, 5) is 12.1. The summed E-state index contributed by atoms with van der Waals surface area (Å²) in [6.45, 7) is 0. The Kier molecular flexibility index (Phi) is 5.64. The maximum Gasteiger partial charge on any atom is 0.248 e. The van der Waals surface area contributed by atoms with Crippen LogP contribution in [0.2, 0.25) is 0 Å². The molecule has 4 rings (SSSR count). The Hall–Kier alpha value is -2.05. The molecule has 4 nitrogen and oxygen atoms in total. The number of rotatable bonds is 5. The number of hydrogen-bond acceptors (Lipinski definition) is 3. The van der Waals surface area contributed by atoms with E-state index in [0.29, 0.717) is 28.7 Å². The molecule has 0 radical (unpaired) electrons. The van der Waals surface area contributed by atoms with Gasteiger partial charge in [0.05, 0.1) is 5.75 Å². The van der Waals surface area contributed by atoms with E-state index in [1.165, 1.54) is 22.8 Å². The fourth-order valence-corrected chi connectivity index (χ4v) is 5.02. The van der Waals surface area contributed by atoms with E-state index >= 15 is 0 Å². The van der Waals surface area contributed by atoms with Crippen molar-refractivity contribution >= 4 is 45.8 Å². The van der Waals surface area contributed by atoms with Crippen molar-refractivity contribution in [1.29, 1.82) is 0 Å². The minimum absolute atomic E-state index is 0.0720. The van der Waals surface area contributed by atoms with E-state index in [1.54, 1.807) is 11.8 Å². The van der Waals surface area contributed by atoms with E-state index < -0.39 is 0 Å². The van der Waals surface area contributed by atoms with Crippen molar-refractivity contribution in [3.8, 4) is 0 Å². The lowest BCUT2D eigenvalue weighted by atomic mass is 10.0. The molecule has 2 aliphatic rings. The van der Waals surface area contributed by atoms with E-state index in [0.717, 1.165) is 12.2 Å². The Labute approximate surface area is 169 Å². The average Bonchev–Trinajstić information content (AvgIpc) is 3.30. The minimum atomic E-state index is -0.0720. The first kappa shape index (κ1) is 18.3. The zero-order valence-corrected chi connectivity index (χ0v) is 16.6. The van der Waals surface area contributed by atoms with Crippen molar-refractivity contribution < 1.29 is 4.79 Å². The molecule has 0 aliphatic heterocycles. The van der Waals surface area contributed by atoms with Gasteiger partial charge in [-0.2, -0.15) is 0 Å². The van der Waals surface area contributed by atoms with Gasteiger partial charge in [-0.1, -0.05) is 54.6 Å². The first-order valence-corrected chi connectivity index (χ1v) is 10.8. The first-order chi connectivity index (χ1) is 13.2. The lowest BCUT2D eigenvalue weighted by Gasteiger charge is -2.22. The highest BCUT2D eigenvalue weighted by Gasteiger charge is 2.35. The summed E-state index contributed by atoms with van der Waals surface area (Å²) in [5, 5.41) is 6.29. The number of benzene rings is 2. The number of thiocarbonyl (C=S) groups is 1. The van der Waals surface area contributed by atoms with Gasteiger partial charge in [0.25, 0.3) is 0 Å². The van der Waals surface area contributed by atoms with Crippen molar-refractivity contribution in [3.05, 3.63) is 60.2 Å². The zero-order chi connectivity index (χ0) is 18.6. The molecule has 27 heavy (non-hydrogen) atoms. The van der Waals surface area contributed by atoms with Crippen LogP contribution < -0.4 is 16.2 Å². The largest absolute Gasteiger partial charge is 0.358 e. The maximum absolute atomic E-state index is 12.1. The van der Waals surface area contributed by atoms with Gasteiger partial charge < -0.3 is 5.32 Å². The zero-order valence-electron chi connectivity index (χ0n) is 15.0. The number of fused-ring (bicyclic) bond motifs is 3. The molecular weight excluding hydrogens is 374 g/mol. The molecule has 2 aromatic rings. The summed E-state index contributed by atoms with van der Waals surface area (Å²) >= 11 is 6.90. The standard InChI is InChI=1S/C21H23N3OS2/c25-20(23-24-21(26)22-19-11-14-8-9-16(19)10-14)13-27-12-17-6-3-5-15-4-1-2-7-18(15)17/h1-9,14,16,19H,10-13H2,(H,23,25)(H2,22,24,26)/t14-,16+,19+/m1/s1. The van der Waals surface area contributed by atoms with Gasteiger partial charge in [0, 0.05) is 11.8 Å². The fraction of sp³-hybridized carbons (Fsp3) is 0.333. The highest BCUT2D eigenvalue weighted by Crippen LogP contribution is 2.38. The highest BCUT2D eigenvalue weighted by molar-refractivity contribution is 7.99. The summed E-state index contributed by atoms with van der Waals surface area (Å²) in [6.07, 6.45) is 6.92. The topological polar surface area (TPSA) is 53.2 Å². The van der Waals surface area contributed by atoms with Crippen LogP contribution >= 0.6 is 24.0 Å². The van der Waals surface area contributed by atoms with Crippen LogP contribution in [0, 0.1) is 11.8 Å². The smallest absolute Gasteiger partial charge is 0.248 e. The molecule has 2 aromatic carbocycles. The van der Waals surface area contributed by atoms with Crippen LogP contribution in [0.4, 0.5) is 0 Å². The van der Waals surface area contributed by atoms with E-state index in [4.69, 9.17) is 12.2 Å². The Morgan fingerprint density at radius 1 is 1.07 bits per heavy atom. The van der Waals surface area contributed by atoms with Crippen molar-refractivity contribution in [3.63, 3.8) is 0 Å². The normalized spacial score (nSPS) is 22.7. The molecule has 1 fully saturated rings. The molecule has 0 saturated heterocycles. The number of carbonyl (C=O) groups excluding carboxylic acids is 1. The second-order valence-electron chi connectivity index (χ2n) is 7.16. The number of nitrogens with one attached hydrogen (secondary N) is 3. The maximum atomic E-state index is 12.1. The molecule has 2 bridgehead atoms. The van der Waals surface area contributed by atoms with Crippen LogP contribution in [0.5, 0.6) is 0 Å². The predicted molar refractivity (Wildman–Crippen MR) is 116 cm³/mol. The van der Waals surface area contributed by atoms with Crippen molar-refractivity contribution in [2.45, 2.75) is 24.6 Å². The Morgan fingerprint density at radius 3 is 2.74 bits per heavy atom. The van der Waals surface area contributed by atoms with Crippen molar-refractivity contribution in [1.82, 2.24) is 16.2 Å². The summed E-state index contributed by atoms with van der Waals surface area (Å²) in [6, 6.07) is 15.0. The number of hydrazine groups is 1. The number of allylic oxidation sites excluding steroid dienone is 1. The monoisotopic (exact) mass is 397 g/mol. The molecule has 1 saturated carbocycles. The third-order valence-corrected chi connectivity index (χ3v) is 6.48. The van der Waals surface area contributed by atoms with E-state index in [9.17, 15) is 4.79 Å². The number of thioether (sulfide) groups is 1. The summed E-state index contributed by atoms with van der Waals surface area (Å²) in [5.74, 6) is 2.37. The third-order valence-electron chi connectivity index (χ3n) is 5.28. The molecule has 0 aromatic heterocycles. The van der Waals surface area contributed by atoms with Crippen LogP contribution in [-0.2, 0) is 10.5 Å². The highest BCUT2D eigenvalue weighted by atomic mass is 32.2. The average molecular weight is 398 g/mol. The van der Waals surface area contributed by atoms with E-state index in [-0.39, 0.29) is 5.91 Å². The number of amides is 1.